The Morgan fingerprint density at radius 3 is 2.80 bits per heavy atom. The maximum Gasteiger partial charge on any atom is 0.268 e. The summed E-state index contributed by atoms with van der Waals surface area (Å²) in [5.74, 6) is -0.178. The van der Waals surface area contributed by atoms with Crippen LogP contribution in [0.1, 0.15) is 23.3 Å². The molecule has 0 spiro atoms. The van der Waals surface area contributed by atoms with Gasteiger partial charge >= 0.3 is 0 Å². The van der Waals surface area contributed by atoms with E-state index < -0.39 is 5.91 Å². The highest BCUT2D eigenvalue weighted by atomic mass is 35.5. The highest BCUT2D eigenvalue weighted by Gasteiger charge is 2.19. The van der Waals surface area contributed by atoms with Gasteiger partial charge in [0.05, 0.1) is 16.9 Å². The van der Waals surface area contributed by atoms with E-state index in [1.807, 2.05) is 0 Å². The number of nitrogens with two attached hydrogens (primary N) is 1. The second-order valence-electron chi connectivity index (χ2n) is 5.82. The Hall–Kier alpha value is -1.89. The molecule has 1 saturated heterocycles. The fraction of sp³-hybridized carbons (Fsp3) is 0.353. The normalized spacial score (nSPS) is 15.1. The molecule has 3 N–H and O–H groups in total. The second kappa shape index (κ2) is 7.99. The van der Waals surface area contributed by atoms with Crippen LogP contribution in [0.2, 0.25) is 10.2 Å². The summed E-state index contributed by atoms with van der Waals surface area (Å²) in [5, 5.41) is 3.88. The van der Waals surface area contributed by atoms with E-state index in [1.165, 1.54) is 6.20 Å². The molecule has 3 heterocycles. The first-order chi connectivity index (χ1) is 12.1. The molecule has 0 aliphatic carbocycles. The minimum absolute atomic E-state index is 0.0584. The first kappa shape index (κ1) is 17.9. The van der Waals surface area contributed by atoms with Crippen molar-refractivity contribution in [2.24, 2.45) is 11.7 Å². The smallest absolute Gasteiger partial charge is 0.268 e. The molecule has 2 aromatic heterocycles. The molecule has 8 heteroatoms. The molecule has 0 unspecified atom stereocenters. The Labute approximate surface area is 155 Å². The molecule has 0 aromatic carbocycles. The van der Waals surface area contributed by atoms with E-state index in [4.69, 9.17) is 33.7 Å². The monoisotopic (exact) mass is 379 g/mol. The summed E-state index contributed by atoms with van der Waals surface area (Å²) in [4.78, 5) is 19.8. The van der Waals surface area contributed by atoms with E-state index in [-0.39, 0.29) is 10.8 Å². The van der Waals surface area contributed by atoms with Crippen molar-refractivity contribution in [1.82, 2.24) is 9.97 Å². The third kappa shape index (κ3) is 4.21. The van der Waals surface area contributed by atoms with Gasteiger partial charge in [0.2, 0.25) is 0 Å². The first-order valence-electron chi connectivity index (χ1n) is 7.90. The van der Waals surface area contributed by atoms with Crippen LogP contribution in [0.15, 0.2) is 18.3 Å². The van der Waals surface area contributed by atoms with E-state index in [1.54, 1.807) is 12.1 Å². The summed E-state index contributed by atoms with van der Waals surface area (Å²) in [7, 11) is 0. The molecule has 1 aliphatic rings. The summed E-state index contributed by atoms with van der Waals surface area (Å²) in [6.45, 7) is 2.29. The van der Waals surface area contributed by atoms with E-state index in [2.05, 4.69) is 21.5 Å². The number of anilines is 1. The average Bonchev–Trinajstić information content (AvgIpc) is 2.62. The van der Waals surface area contributed by atoms with Crippen LogP contribution >= 0.6 is 23.2 Å². The van der Waals surface area contributed by atoms with E-state index >= 15 is 0 Å². The van der Waals surface area contributed by atoms with E-state index in [0.29, 0.717) is 27.8 Å². The van der Waals surface area contributed by atoms with Gasteiger partial charge in [-0.2, -0.15) is 0 Å². The fourth-order valence-electron chi connectivity index (χ4n) is 2.75. The van der Waals surface area contributed by atoms with Crippen LogP contribution in [0.5, 0.6) is 0 Å². The van der Waals surface area contributed by atoms with Crippen LogP contribution in [-0.4, -0.2) is 35.6 Å². The quantitative estimate of drug-likeness (QED) is 0.778. The maximum absolute atomic E-state index is 11.8. The summed E-state index contributed by atoms with van der Waals surface area (Å²) in [6, 6.07) is 3.33. The number of aromatic nitrogens is 2. The van der Waals surface area contributed by atoms with Crippen molar-refractivity contribution in [3.8, 4) is 11.1 Å². The van der Waals surface area contributed by atoms with Gasteiger partial charge in [-0.25, -0.2) is 4.98 Å². The van der Waals surface area contributed by atoms with Gasteiger partial charge in [-0.1, -0.05) is 23.2 Å². The van der Waals surface area contributed by atoms with Crippen molar-refractivity contribution in [3.05, 3.63) is 40.4 Å². The number of nitrogens with one attached hydrogen (secondary N) is 1. The van der Waals surface area contributed by atoms with Crippen LogP contribution in [0, 0.1) is 12.1 Å². The minimum Gasteiger partial charge on any atom is -0.382 e. The van der Waals surface area contributed by atoms with E-state index in [9.17, 15) is 4.79 Å². The summed E-state index contributed by atoms with van der Waals surface area (Å²) in [6.07, 6.45) is 6.14. The van der Waals surface area contributed by atoms with Gasteiger partial charge < -0.3 is 15.8 Å². The largest absolute Gasteiger partial charge is 0.382 e. The van der Waals surface area contributed by atoms with Crippen molar-refractivity contribution in [3.63, 3.8) is 0 Å². The maximum atomic E-state index is 11.8. The van der Waals surface area contributed by atoms with Crippen LogP contribution in [0.4, 0.5) is 5.69 Å². The molecule has 1 fully saturated rings. The van der Waals surface area contributed by atoms with Gasteiger partial charge in [0.1, 0.15) is 5.69 Å². The molecule has 0 bridgehead atoms. The average molecular weight is 380 g/mol. The Kier molecular flexibility index (Phi) is 5.73. The standard InChI is InChI=1S/C17H17Cl2N4O2/c18-13-9-21-4-1-11(13)12-7-14(16(19)23-15(12)17(20)24)22-8-10-2-5-25-6-3-10/h1,7,9-10,22H,2-3,5-6,8H2,(H2,20,24). The zero-order chi connectivity index (χ0) is 17.8. The molecule has 0 saturated carbocycles. The third-order valence-corrected chi connectivity index (χ3v) is 4.73. The summed E-state index contributed by atoms with van der Waals surface area (Å²) >= 11 is 12.4. The molecular formula is C17H17Cl2N4O2. The molecule has 1 amide bonds. The predicted octanol–water partition coefficient (Wildman–Crippen LogP) is 3.19. The predicted molar refractivity (Wildman–Crippen MR) is 96.9 cm³/mol. The lowest BCUT2D eigenvalue weighted by molar-refractivity contribution is 0.0699. The van der Waals surface area contributed by atoms with Crippen molar-refractivity contribution in [2.75, 3.05) is 25.1 Å². The number of primary amides is 1. The molecule has 25 heavy (non-hydrogen) atoms. The SMILES string of the molecule is NC(=O)c1nc(Cl)c(NCC2CCOCC2)cc1-c1c[c]ncc1Cl. The first-order valence-corrected chi connectivity index (χ1v) is 8.65. The number of pyridine rings is 2. The fourth-order valence-corrected chi connectivity index (χ4v) is 3.16. The Balaban J connectivity index is 1.93. The van der Waals surface area contributed by atoms with Crippen molar-refractivity contribution < 1.29 is 9.53 Å². The Morgan fingerprint density at radius 1 is 1.36 bits per heavy atom. The van der Waals surface area contributed by atoms with Crippen molar-refractivity contribution >= 4 is 34.8 Å². The molecule has 3 rings (SSSR count). The van der Waals surface area contributed by atoms with Gasteiger partial charge in [0, 0.05) is 37.1 Å². The van der Waals surface area contributed by atoms with Crippen molar-refractivity contribution in [1.29, 1.82) is 0 Å². The molecule has 1 aliphatic heterocycles. The lowest BCUT2D eigenvalue weighted by Crippen LogP contribution is -2.23. The lowest BCUT2D eigenvalue weighted by atomic mass is 10.00. The molecule has 131 valence electrons. The molecule has 0 atom stereocenters. The number of amides is 1. The second-order valence-corrected chi connectivity index (χ2v) is 6.58. The van der Waals surface area contributed by atoms with Crippen molar-refractivity contribution in [2.45, 2.75) is 12.8 Å². The summed E-state index contributed by atoms with van der Waals surface area (Å²) in [5.41, 5.74) is 7.20. The van der Waals surface area contributed by atoms with Crippen LogP contribution in [0.25, 0.3) is 11.1 Å². The van der Waals surface area contributed by atoms with Gasteiger partial charge in [-0.05, 0) is 30.9 Å². The zero-order valence-electron chi connectivity index (χ0n) is 13.4. The number of carbonyl (C=O) groups is 1. The van der Waals surface area contributed by atoms with E-state index in [0.717, 1.165) is 32.6 Å². The number of carbonyl (C=O) groups excluding carboxylic acids is 1. The highest BCUT2D eigenvalue weighted by Crippen LogP contribution is 2.33. The zero-order valence-corrected chi connectivity index (χ0v) is 14.9. The van der Waals surface area contributed by atoms with Gasteiger partial charge in [0.15, 0.2) is 5.15 Å². The highest BCUT2D eigenvalue weighted by molar-refractivity contribution is 6.34. The number of rotatable bonds is 5. The Morgan fingerprint density at radius 2 is 2.12 bits per heavy atom. The number of ether oxygens (including phenoxy) is 1. The molecule has 1 radical (unpaired) electrons. The van der Waals surface area contributed by atoms with Gasteiger partial charge in [0.25, 0.3) is 5.91 Å². The molecular weight excluding hydrogens is 363 g/mol. The van der Waals surface area contributed by atoms with Gasteiger partial charge in [-0.15, -0.1) is 0 Å². The summed E-state index contributed by atoms with van der Waals surface area (Å²) < 4.78 is 5.37. The van der Waals surface area contributed by atoms with Crippen LogP contribution in [-0.2, 0) is 4.74 Å². The molecule has 2 aromatic rings. The third-order valence-electron chi connectivity index (χ3n) is 4.14. The number of nitrogens with zero attached hydrogens (tertiary/aromatic N) is 2. The lowest BCUT2D eigenvalue weighted by Gasteiger charge is -2.23. The molecule has 6 nitrogen and oxygen atoms in total. The number of hydrogen-bond donors (Lipinski definition) is 2. The number of halogens is 2. The Bertz CT molecular complexity index is 779. The minimum atomic E-state index is -0.680. The van der Waals surface area contributed by atoms with Crippen LogP contribution < -0.4 is 11.1 Å². The van der Waals surface area contributed by atoms with Crippen LogP contribution in [0.3, 0.4) is 0 Å². The topological polar surface area (TPSA) is 90.1 Å². The van der Waals surface area contributed by atoms with Gasteiger partial charge in [-0.3, -0.25) is 9.78 Å². The number of hydrogen-bond acceptors (Lipinski definition) is 5.